The summed E-state index contributed by atoms with van der Waals surface area (Å²) in [6, 6.07) is 7.83. The number of aliphatic hydroxyl groups is 1. The van der Waals surface area contributed by atoms with E-state index in [1.807, 2.05) is 24.3 Å². The molecule has 1 atom stereocenters. The van der Waals surface area contributed by atoms with Crippen LogP contribution in [-0.4, -0.2) is 23.5 Å². The predicted molar refractivity (Wildman–Crippen MR) is 67.3 cm³/mol. The van der Waals surface area contributed by atoms with Gasteiger partial charge in [-0.3, -0.25) is 0 Å². The average molecular weight is 246 g/mol. The summed E-state index contributed by atoms with van der Waals surface area (Å²) in [6.45, 7) is 0.340. The molecule has 4 heteroatoms. The molecule has 1 aromatic rings. The van der Waals surface area contributed by atoms with E-state index in [2.05, 4.69) is 0 Å². The van der Waals surface area contributed by atoms with Gasteiger partial charge in [-0.2, -0.15) is 11.8 Å². The third kappa shape index (κ3) is 4.89. The largest absolute Gasteiger partial charge is 0.392 e. The molecule has 0 fully saturated rings. The second kappa shape index (κ2) is 7.12. The number of nitrogens with two attached hydrogens (primary N) is 1. The lowest BCUT2D eigenvalue weighted by Gasteiger charge is -2.07. The molecule has 0 heterocycles. The Morgan fingerprint density at radius 3 is 2.80 bits per heavy atom. The standard InChI is InChI=1S/C11H16ClNOS/c12-11-4-2-1-3-9(11)8-15-6-5-10(14)7-13/h1-4,10,14H,5-8,13H2. The lowest BCUT2D eigenvalue weighted by Crippen LogP contribution is -2.20. The number of hydrogen-bond donors (Lipinski definition) is 2. The zero-order chi connectivity index (χ0) is 11.1. The number of benzene rings is 1. The van der Waals surface area contributed by atoms with Gasteiger partial charge < -0.3 is 10.8 Å². The topological polar surface area (TPSA) is 46.2 Å². The molecule has 1 rings (SSSR count). The van der Waals surface area contributed by atoms with Gasteiger partial charge in [0, 0.05) is 17.3 Å². The number of aliphatic hydroxyl groups excluding tert-OH is 1. The highest BCUT2D eigenvalue weighted by Crippen LogP contribution is 2.21. The van der Waals surface area contributed by atoms with E-state index in [-0.39, 0.29) is 6.10 Å². The monoisotopic (exact) mass is 245 g/mol. The molecule has 0 saturated heterocycles. The third-order valence-electron chi connectivity index (χ3n) is 2.08. The molecule has 84 valence electrons. The van der Waals surface area contributed by atoms with Crippen LogP contribution in [0.15, 0.2) is 24.3 Å². The molecule has 0 aliphatic carbocycles. The average Bonchev–Trinajstić information content (AvgIpc) is 2.26. The summed E-state index contributed by atoms with van der Waals surface area (Å²) in [6.07, 6.45) is 0.370. The first-order valence-electron chi connectivity index (χ1n) is 4.93. The Kier molecular flexibility index (Phi) is 6.10. The zero-order valence-corrected chi connectivity index (χ0v) is 10.1. The van der Waals surface area contributed by atoms with Gasteiger partial charge in [0.05, 0.1) is 6.10 Å². The number of rotatable bonds is 6. The van der Waals surface area contributed by atoms with Gasteiger partial charge in [-0.05, 0) is 23.8 Å². The Morgan fingerprint density at radius 2 is 2.13 bits per heavy atom. The van der Waals surface area contributed by atoms with Crippen LogP contribution in [0.25, 0.3) is 0 Å². The number of thioether (sulfide) groups is 1. The van der Waals surface area contributed by atoms with Crippen molar-refractivity contribution >= 4 is 23.4 Å². The summed E-state index contributed by atoms with van der Waals surface area (Å²) in [5.41, 5.74) is 6.45. The first-order chi connectivity index (χ1) is 7.24. The van der Waals surface area contributed by atoms with Crippen molar-refractivity contribution in [3.63, 3.8) is 0 Å². The molecule has 2 nitrogen and oxygen atoms in total. The normalized spacial score (nSPS) is 12.7. The highest BCUT2D eigenvalue weighted by Gasteiger charge is 2.02. The zero-order valence-electron chi connectivity index (χ0n) is 8.53. The molecule has 0 aliphatic rings. The van der Waals surface area contributed by atoms with Gasteiger partial charge in [0.2, 0.25) is 0 Å². The van der Waals surface area contributed by atoms with E-state index in [9.17, 15) is 5.11 Å². The van der Waals surface area contributed by atoms with Crippen LogP contribution in [0.3, 0.4) is 0 Å². The molecular weight excluding hydrogens is 230 g/mol. The molecule has 0 aromatic heterocycles. The Labute approximate surface area is 99.8 Å². The van der Waals surface area contributed by atoms with Crippen molar-refractivity contribution in [2.24, 2.45) is 5.73 Å². The van der Waals surface area contributed by atoms with Crippen molar-refractivity contribution in [1.82, 2.24) is 0 Å². The Bertz CT molecular complexity index is 296. The summed E-state index contributed by atoms with van der Waals surface area (Å²) >= 11 is 7.77. The van der Waals surface area contributed by atoms with Crippen LogP contribution in [0.5, 0.6) is 0 Å². The van der Waals surface area contributed by atoms with E-state index in [1.54, 1.807) is 11.8 Å². The Hall–Kier alpha value is -0.220. The van der Waals surface area contributed by atoms with Crippen LogP contribution in [0.1, 0.15) is 12.0 Å². The summed E-state index contributed by atoms with van der Waals surface area (Å²) in [7, 11) is 0. The highest BCUT2D eigenvalue weighted by atomic mass is 35.5. The molecule has 0 amide bonds. The van der Waals surface area contributed by atoms with E-state index in [0.29, 0.717) is 6.54 Å². The minimum absolute atomic E-state index is 0.340. The minimum atomic E-state index is -0.372. The van der Waals surface area contributed by atoms with Gasteiger partial charge in [-0.15, -0.1) is 0 Å². The maximum Gasteiger partial charge on any atom is 0.0670 e. The fourth-order valence-electron chi connectivity index (χ4n) is 1.13. The molecule has 0 radical (unpaired) electrons. The lowest BCUT2D eigenvalue weighted by molar-refractivity contribution is 0.180. The van der Waals surface area contributed by atoms with Gasteiger partial charge in [0.1, 0.15) is 0 Å². The van der Waals surface area contributed by atoms with E-state index in [1.165, 1.54) is 0 Å². The first-order valence-corrected chi connectivity index (χ1v) is 6.46. The predicted octanol–water partition coefficient (Wildman–Crippen LogP) is 2.28. The van der Waals surface area contributed by atoms with E-state index < -0.39 is 0 Å². The second-order valence-corrected chi connectivity index (χ2v) is 4.83. The molecule has 0 spiro atoms. The van der Waals surface area contributed by atoms with E-state index in [0.717, 1.165) is 28.5 Å². The van der Waals surface area contributed by atoms with Gasteiger partial charge in [0.15, 0.2) is 0 Å². The van der Waals surface area contributed by atoms with Gasteiger partial charge in [0.25, 0.3) is 0 Å². The molecule has 0 aliphatic heterocycles. The van der Waals surface area contributed by atoms with Crippen molar-refractivity contribution in [1.29, 1.82) is 0 Å². The Balaban J connectivity index is 2.23. The smallest absolute Gasteiger partial charge is 0.0670 e. The van der Waals surface area contributed by atoms with Gasteiger partial charge in [-0.1, -0.05) is 29.8 Å². The van der Waals surface area contributed by atoms with Crippen LogP contribution in [0.2, 0.25) is 5.02 Å². The molecule has 1 aromatic carbocycles. The molecule has 1 unspecified atom stereocenters. The molecule has 3 N–H and O–H groups in total. The van der Waals surface area contributed by atoms with E-state index in [4.69, 9.17) is 17.3 Å². The lowest BCUT2D eigenvalue weighted by atomic mass is 10.2. The molecular formula is C11H16ClNOS. The van der Waals surface area contributed by atoms with Gasteiger partial charge in [-0.25, -0.2) is 0 Å². The number of halogens is 1. The highest BCUT2D eigenvalue weighted by molar-refractivity contribution is 7.98. The summed E-state index contributed by atoms with van der Waals surface area (Å²) in [5.74, 6) is 1.79. The van der Waals surface area contributed by atoms with Crippen molar-refractivity contribution in [3.8, 4) is 0 Å². The quantitative estimate of drug-likeness (QED) is 0.756. The van der Waals surface area contributed by atoms with Crippen LogP contribution < -0.4 is 5.73 Å². The fraction of sp³-hybridized carbons (Fsp3) is 0.455. The van der Waals surface area contributed by atoms with Crippen molar-refractivity contribution in [2.45, 2.75) is 18.3 Å². The Morgan fingerprint density at radius 1 is 1.40 bits per heavy atom. The maximum atomic E-state index is 9.25. The van der Waals surface area contributed by atoms with Crippen molar-refractivity contribution in [3.05, 3.63) is 34.9 Å². The van der Waals surface area contributed by atoms with Crippen LogP contribution in [-0.2, 0) is 5.75 Å². The first kappa shape index (κ1) is 12.8. The van der Waals surface area contributed by atoms with Crippen molar-refractivity contribution < 1.29 is 5.11 Å². The summed E-state index contributed by atoms with van der Waals surface area (Å²) < 4.78 is 0. The molecule has 15 heavy (non-hydrogen) atoms. The SMILES string of the molecule is NCC(O)CCSCc1ccccc1Cl. The van der Waals surface area contributed by atoms with Gasteiger partial charge >= 0.3 is 0 Å². The molecule has 0 bridgehead atoms. The minimum Gasteiger partial charge on any atom is -0.392 e. The van der Waals surface area contributed by atoms with Crippen molar-refractivity contribution in [2.75, 3.05) is 12.3 Å². The maximum absolute atomic E-state index is 9.25. The van der Waals surface area contributed by atoms with Crippen LogP contribution in [0, 0.1) is 0 Å². The third-order valence-corrected chi connectivity index (χ3v) is 3.49. The summed E-state index contributed by atoms with van der Waals surface area (Å²) in [4.78, 5) is 0. The van der Waals surface area contributed by atoms with Crippen LogP contribution in [0.4, 0.5) is 0 Å². The second-order valence-electron chi connectivity index (χ2n) is 3.32. The molecule has 0 saturated carbocycles. The summed E-state index contributed by atoms with van der Waals surface area (Å²) in [5, 5.41) is 10.1. The van der Waals surface area contributed by atoms with Crippen LogP contribution >= 0.6 is 23.4 Å². The fourth-order valence-corrected chi connectivity index (χ4v) is 2.47. The van der Waals surface area contributed by atoms with E-state index >= 15 is 0 Å². The number of hydrogen-bond acceptors (Lipinski definition) is 3.